The van der Waals surface area contributed by atoms with Gasteiger partial charge in [0.05, 0.1) is 17.2 Å². The molecule has 0 aliphatic heterocycles. The summed E-state index contributed by atoms with van der Waals surface area (Å²) in [6, 6.07) is 5.57. The number of hydrogen-bond acceptors (Lipinski definition) is 4. The van der Waals surface area contributed by atoms with Crippen molar-refractivity contribution in [3.05, 3.63) is 41.1 Å². The van der Waals surface area contributed by atoms with Gasteiger partial charge in [-0.15, -0.1) is 0 Å². The van der Waals surface area contributed by atoms with Crippen LogP contribution in [0.1, 0.15) is 22.9 Å². The summed E-state index contributed by atoms with van der Waals surface area (Å²) in [4.78, 5) is 4.04. The van der Waals surface area contributed by atoms with Crippen molar-refractivity contribution in [3.8, 4) is 0 Å². The Morgan fingerprint density at radius 1 is 1.35 bits per heavy atom. The fraction of sp³-hybridized carbons (Fsp3) is 0.438. The number of pyridine rings is 1. The van der Waals surface area contributed by atoms with Crippen molar-refractivity contribution >= 4 is 22.7 Å². The largest absolute Gasteiger partial charge is 0.418 e. The Balaban J connectivity index is 2.40. The summed E-state index contributed by atoms with van der Waals surface area (Å²) >= 11 is 1.68. The fourth-order valence-electron chi connectivity index (χ4n) is 2.44. The second-order valence-corrected chi connectivity index (χ2v) is 6.25. The van der Waals surface area contributed by atoms with Gasteiger partial charge in [-0.3, -0.25) is 4.98 Å². The minimum atomic E-state index is -4.47. The Morgan fingerprint density at radius 3 is 2.74 bits per heavy atom. The summed E-state index contributed by atoms with van der Waals surface area (Å²) in [6.45, 7) is 2.65. The van der Waals surface area contributed by atoms with E-state index < -0.39 is 17.8 Å². The van der Waals surface area contributed by atoms with Crippen molar-refractivity contribution in [2.75, 3.05) is 25.1 Å². The van der Waals surface area contributed by atoms with Gasteiger partial charge in [-0.2, -0.15) is 24.9 Å². The zero-order valence-electron chi connectivity index (χ0n) is 12.9. The lowest BCUT2D eigenvalue weighted by atomic mass is 10.00. The van der Waals surface area contributed by atoms with E-state index in [1.165, 1.54) is 6.07 Å². The molecule has 0 fully saturated rings. The van der Waals surface area contributed by atoms with Crippen LogP contribution in [0, 0.1) is 6.92 Å². The van der Waals surface area contributed by atoms with E-state index in [1.807, 2.05) is 6.26 Å². The second-order valence-electron chi connectivity index (χ2n) is 5.27. The number of para-hydroxylation sites is 1. The smallest absolute Gasteiger partial charge is 0.387 e. The lowest BCUT2D eigenvalue weighted by Gasteiger charge is -2.17. The average Bonchev–Trinajstić information content (AvgIpc) is 2.49. The summed E-state index contributed by atoms with van der Waals surface area (Å²) in [7, 11) is 0. The average molecular weight is 344 g/mol. The van der Waals surface area contributed by atoms with Crippen LogP contribution in [-0.4, -0.2) is 35.2 Å². The molecular weight excluding hydrogens is 325 g/mol. The highest BCUT2D eigenvalue weighted by Crippen LogP contribution is 2.36. The molecule has 0 amide bonds. The van der Waals surface area contributed by atoms with Crippen LogP contribution in [0.15, 0.2) is 24.3 Å². The lowest BCUT2D eigenvalue weighted by molar-refractivity contribution is -0.136. The Bertz CT molecular complexity index is 676. The molecule has 1 aromatic heterocycles. The Kier molecular flexibility index (Phi) is 5.89. The molecule has 0 saturated carbocycles. The standard InChI is InChI=1S/C16H19F3N2OS/c1-10-8-12(14(22)9-20-6-7-23-2)11-4-3-5-13(15(11)21-10)16(17,18)19/h3-5,8,14,20,22H,6-7,9H2,1-2H3. The molecular formula is C16H19F3N2OS. The summed E-state index contributed by atoms with van der Waals surface area (Å²) in [5, 5.41) is 13.8. The first kappa shape index (κ1) is 18.0. The van der Waals surface area contributed by atoms with Crippen molar-refractivity contribution in [3.63, 3.8) is 0 Å². The van der Waals surface area contributed by atoms with Gasteiger partial charge in [0, 0.05) is 29.9 Å². The van der Waals surface area contributed by atoms with Crippen LogP contribution in [0.2, 0.25) is 0 Å². The number of nitrogens with zero attached hydrogens (tertiary/aromatic N) is 1. The van der Waals surface area contributed by atoms with E-state index >= 15 is 0 Å². The first-order valence-electron chi connectivity index (χ1n) is 7.19. The molecule has 2 aromatic rings. The van der Waals surface area contributed by atoms with Crippen LogP contribution < -0.4 is 5.32 Å². The molecule has 0 aliphatic rings. The molecule has 0 radical (unpaired) electrons. The van der Waals surface area contributed by atoms with Crippen molar-refractivity contribution in [2.24, 2.45) is 0 Å². The van der Waals surface area contributed by atoms with Gasteiger partial charge in [0.2, 0.25) is 0 Å². The van der Waals surface area contributed by atoms with Crippen molar-refractivity contribution in [2.45, 2.75) is 19.2 Å². The van der Waals surface area contributed by atoms with Crippen molar-refractivity contribution < 1.29 is 18.3 Å². The number of rotatable bonds is 6. The van der Waals surface area contributed by atoms with E-state index in [9.17, 15) is 18.3 Å². The molecule has 126 valence electrons. The summed E-state index contributed by atoms with van der Waals surface area (Å²) in [6.07, 6.45) is -3.38. The molecule has 1 unspecified atom stereocenters. The minimum Gasteiger partial charge on any atom is -0.387 e. The van der Waals surface area contributed by atoms with E-state index in [4.69, 9.17) is 0 Å². The third kappa shape index (κ3) is 4.37. The molecule has 0 spiro atoms. The number of halogens is 3. The molecule has 0 aliphatic carbocycles. The van der Waals surface area contributed by atoms with E-state index in [0.29, 0.717) is 16.6 Å². The van der Waals surface area contributed by atoms with Crippen LogP contribution >= 0.6 is 11.8 Å². The van der Waals surface area contributed by atoms with Gasteiger partial charge < -0.3 is 10.4 Å². The number of aliphatic hydroxyl groups is 1. The molecule has 7 heteroatoms. The molecule has 2 N–H and O–H groups in total. The third-order valence-corrected chi connectivity index (χ3v) is 4.10. The molecule has 23 heavy (non-hydrogen) atoms. The zero-order valence-corrected chi connectivity index (χ0v) is 13.8. The quantitative estimate of drug-likeness (QED) is 0.787. The number of thioether (sulfide) groups is 1. The van der Waals surface area contributed by atoms with Gasteiger partial charge in [0.15, 0.2) is 0 Å². The highest BCUT2D eigenvalue weighted by molar-refractivity contribution is 7.98. The topological polar surface area (TPSA) is 45.1 Å². The van der Waals surface area contributed by atoms with Crippen molar-refractivity contribution in [1.82, 2.24) is 10.3 Å². The number of aromatic nitrogens is 1. The van der Waals surface area contributed by atoms with Gasteiger partial charge >= 0.3 is 6.18 Å². The molecule has 2 rings (SSSR count). The Hall–Kier alpha value is -1.31. The molecule has 0 bridgehead atoms. The summed E-state index contributed by atoms with van der Waals surface area (Å²) < 4.78 is 39.5. The van der Waals surface area contributed by atoms with E-state index in [0.717, 1.165) is 18.4 Å². The van der Waals surface area contributed by atoms with Gasteiger partial charge in [-0.25, -0.2) is 0 Å². The van der Waals surface area contributed by atoms with Crippen molar-refractivity contribution in [1.29, 1.82) is 0 Å². The number of aliphatic hydroxyl groups excluding tert-OH is 1. The number of fused-ring (bicyclic) bond motifs is 1. The van der Waals surface area contributed by atoms with E-state index in [1.54, 1.807) is 30.8 Å². The van der Waals surface area contributed by atoms with E-state index in [2.05, 4.69) is 10.3 Å². The highest BCUT2D eigenvalue weighted by Gasteiger charge is 2.33. The Morgan fingerprint density at radius 2 is 2.09 bits per heavy atom. The number of aryl methyl sites for hydroxylation is 1. The number of hydrogen-bond donors (Lipinski definition) is 2. The maximum atomic E-state index is 13.2. The van der Waals surface area contributed by atoms with Crippen LogP contribution in [0.25, 0.3) is 10.9 Å². The predicted molar refractivity (Wildman–Crippen MR) is 87.7 cm³/mol. The number of benzene rings is 1. The number of nitrogens with one attached hydrogen (secondary N) is 1. The van der Waals surface area contributed by atoms with Gasteiger partial charge in [0.1, 0.15) is 0 Å². The predicted octanol–water partition coefficient (Wildman–Crippen LogP) is 3.55. The normalized spacial score (nSPS) is 13.5. The monoisotopic (exact) mass is 344 g/mol. The lowest BCUT2D eigenvalue weighted by Crippen LogP contribution is -2.24. The van der Waals surface area contributed by atoms with Crippen LogP contribution in [0.4, 0.5) is 13.2 Å². The van der Waals surface area contributed by atoms with Crippen LogP contribution in [0.3, 0.4) is 0 Å². The van der Waals surface area contributed by atoms with Gasteiger partial charge in [-0.05, 0) is 30.9 Å². The fourth-order valence-corrected chi connectivity index (χ4v) is 2.78. The van der Waals surface area contributed by atoms with Gasteiger partial charge in [0.25, 0.3) is 0 Å². The highest BCUT2D eigenvalue weighted by atomic mass is 32.2. The SMILES string of the molecule is CSCCNCC(O)c1cc(C)nc2c(C(F)(F)F)cccc12. The Labute approximate surface area is 137 Å². The summed E-state index contributed by atoms with van der Waals surface area (Å²) in [5.74, 6) is 0.904. The second kappa shape index (κ2) is 7.51. The third-order valence-electron chi connectivity index (χ3n) is 3.48. The van der Waals surface area contributed by atoms with E-state index in [-0.39, 0.29) is 12.1 Å². The summed E-state index contributed by atoms with van der Waals surface area (Å²) in [5.41, 5.74) is 0.0308. The van der Waals surface area contributed by atoms with Gasteiger partial charge in [-0.1, -0.05) is 12.1 Å². The maximum Gasteiger partial charge on any atom is 0.418 e. The molecule has 1 aromatic carbocycles. The number of alkyl halides is 3. The molecule has 1 atom stereocenters. The van der Waals surface area contributed by atoms with Crippen LogP contribution in [-0.2, 0) is 6.18 Å². The zero-order chi connectivity index (χ0) is 17.0. The minimum absolute atomic E-state index is 0.113. The molecule has 0 saturated heterocycles. The first-order chi connectivity index (χ1) is 10.8. The van der Waals surface area contributed by atoms with Crippen LogP contribution in [0.5, 0.6) is 0 Å². The first-order valence-corrected chi connectivity index (χ1v) is 8.59. The maximum absolute atomic E-state index is 13.2. The molecule has 1 heterocycles. The molecule has 3 nitrogen and oxygen atoms in total.